The number of likely N-dealkylation sites (tertiary alicyclic amines) is 1. The van der Waals surface area contributed by atoms with Gasteiger partial charge in [-0.25, -0.2) is 0 Å². The third-order valence-electron chi connectivity index (χ3n) is 4.98. The molecule has 3 rings (SSSR count). The minimum atomic E-state index is 0.201. The first-order chi connectivity index (χ1) is 12.7. The van der Waals surface area contributed by atoms with Gasteiger partial charge < -0.3 is 19.7 Å². The van der Waals surface area contributed by atoms with Crippen molar-refractivity contribution in [3.8, 4) is 5.75 Å². The van der Waals surface area contributed by atoms with Crippen molar-refractivity contribution in [1.82, 2.24) is 15.1 Å². The monoisotopic (exact) mass is 360 g/mol. The van der Waals surface area contributed by atoms with Gasteiger partial charge in [0.2, 0.25) is 0 Å². The van der Waals surface area contributed by atoms with Crippen molar-refractivity contribution in [2.45, 2.75) is 39.0 Å². The Morgan fingerprint density at radius 2 is 1.96 bits per heavy atom. The van der Waals surface area contributed by atoms with Gasteiger partial charge in [-0.15, -0.1) is 0 Å². The average Bonchev–Trinajstić information content (AvgIpc) is 3.14. The highest BCUT2D eigenvalue weighted by Gasteiger charge is 2.30. The molecule has 2 saturated heterocycles. The highest BCUT2D eigenvalue weighted by atomic mass is 16.5. The topological polar surface area (TPSA) is 49.3 Å². The maximum absolute atomic E-state index is 5.70. The van der Waals surface area contributed by atoms with Crippen molar-refractivity contribution >= 4 is 5.96 Å². The first-order valence-electron chi connectivity index (χ1n) is 9.68. The van der Waals surface area contributed by atoms with Gasteiger partial charge in [-0.3, -0.25) is 9.89 Å². The number of aliphatic imine (C=N–C) groups is 1. The lowest BCUT2D eigenvalue weighted by atomic mass is 10.2. The Labute approximate surface area is 157 Å². The van der Waals surface area contributed by atoms with Gasteiger partial charge in [-0.2, -0.15) is 0 Å². The van der Waals surface area contributed by atoms with Crippen LogP contribution in [-0.4, -0.2) is 74.3 Å². The third-order valence-corrected chi connectivity index (χ3v) is 4.98. The molecule has 6 heteroatoms. The fourth-order valence-corrected chi connectivity index (χ4v) is 3.65. The summed E-state index contributed by atoms with van der Waals surface area (Å²) in [5, 5.41) is 3.50. The zero-order chi connectivity index (χ0) is 18.4. The maximum atomic E-state index is 5.70. The SMILES string of the molecule is CN=C(NCc1ccc(OC(C)C)cc1)N1CCC(N2CCOCC2)C1. The lowest BCUT2D eigenvalue weighted by molar-refractivity contribution is 0.0195. The summed E-state index contributed by atoms with van der Waals surface area (Å²) in [6.07, 6.45) is 1.40. The van der Waals surface area contributed by atoms with Crippen molar-refractivity contribution in [1.29, 1.82) is 0 Å². The zero-order valence-corrected chi connectivity index (χ0v) is 16.3. The van der Waals surface area contributed by atoms with Gasteiger partial charge in [0, 0.05) is 45.8 Å². The van der Waals surface area contributed by atoms with Crippen LogP contribution >= 0.6 is 0 Å². The number of rotatable bonds is 5. The number of ether oxygens (including phenoxy) is 2. The maximum Gasteiger partial charge on any atom is 0.193 e. The molecule has 144 valence electrons. The summed E-state index contributed by atoms with van der Waals surface area (Å²) in [5.74, 6) is 1.91. The van der Waals surface area contributed by atoms with Crippen LogP contribution in [0.25, 0.3) is 0 Å². The van der Waals surface area contributed by atoms with Crippen LogP contribution in [0, 0.1) is 0 Å². The van der Waals surface area contributed by atoms with Crippen LogP contribution in [-0.2, 0) is 11.3 Å². The molecule has 0 radical (unpaired) electrons. The molecule has 0 aromatic heterocycles. The van der Waals surface area contributed by atoms with Crippen molar-refractivity contribution < 1.29 is 9.47 Å². The minimum Gasteiger partial charge on any atom is -0.491 e. The molecule has 2 fully saturated rings. The Kier molecular flexibility index (Phi) is 6.74. The average molecular weight is 361 g/mol. The van der Waals surface area contributed by atoms with Gasteiger partial charge in [-0.05, 0) is 38.0 Å². The summed E-state index contributed by atoms with van der Waals surface area (Å²) in [5.41, 5.74) is 1.23. The smallest absolute Gasteiger partial charge is 0.193 e. The summed E-state index contributed by atoms with van der Waals surface area (Å²) in [4.78, 5) is 9.42. The molecule has 1 unspecified atom stereocenters. The largest absolute Gasteiger partial charge is 0.491 e. The number of nitrogens with one attached hydrogen (secondary N) is 1. The Balaban J connectivity index is 1.49. The van der Waals surface area contributed by atoms with Gasteiger partial charge >= 0.3 is 0 Å². The highest BCUT2D eigenvalue weighted by molar-refractivity contribution is 5.80. The summed E-state index contributed by atoms with van der Waals surface area (Å²) >= 11 is 0. The minimum absolute atomic E-state index is 0.201. The molecule has 1 aromatic rings. The van der Waals surface area contributed by atoms with E-state index in [1.54, 1.807) is 0 Å². The van der Waals surface area contributed by atoms with Crippen LogP contribution in [0.5, 0.6) is 5.75 Å². The molecule has 2 aliphatic heterocycles. The lowest BCUT2D eigenvalue weighted by Crippen LogP contribution is -2.46. The van der Waals surface area contributed by atoms with Gasteiger partial charge in [0.25, 0.3) is 0 Å². The van der Waals surface area contributed by atoms with Gasteiger partial charge in [0.05, 0.1) is 19.3 Å². The van der Waals surface area contributed by atoms with Crippen LogP contribution in [0.4, 0.5) is 0 Å². The Morgan fingerprint density at radius 1 is 1.23 bits per heavy atom. The van der Waals surface area contributed by atoms with E-state index in [9.17, 15) is 0 Å². The van der Waals surface area contributed by atoms with E-state index >= 15 is 0 Å². The number of morpholine rings is 1. The predicted molar refractivity (Wildman–Crippen MR) is 105 cm³/mol. The lowest BCUT2D eigenvalue weighted by Gasteiger charge is -2.32. The first kappa shape index (κ1) is 19.0. The number of nitrogens with zero attached hydrogens (tertiary/aromatic N) is 3. The number of benzene rings is 1. The predicted octanol–water partition coefficient (Wildman–Crippen LogP) is 1.96. The molecular weight excluding hydrogens is 328 g/mol. The van der Waals surface area contributed by atoms with Crippen LogP contribution < -0.4 is 10.1 Å². The molecule has 2 heterocycles. The second-order valence-corrected chi connectivity index (χ2v) is 7.25. The molecule has 1 aromatic carbocycles. The normalized spacial score (nSPS) is 22.1. The van der Waals surface area contributed by atoms with E-state index in [-0.39, 0.29) is 6.10 Å². The molecule has 0 saturated carbocycles. The number of hydrogen-bond donors (Lipinski definition) is 1. The molecule has 26 heavy (non-hydrogen) atoms. The molecular formula is C20H32N4O2. The molecule has 0 spiro atoms. The molecule has 0 amide bonds. The van der Waals surface area contributed by atoms with Crippen molar-refractivity contribution in [2.75, 3.05) is 46.4 Å². The van der Waals surface area contributed by atoms with E-state index in [2.05, 4.69) is 32.2 Å². The second kappa shape index (κ2) is 9.24. The molecule has 0 aliphatic carbocycles. The van der Waals surface area contributed by atoms with Crippen LogP contribution in [0.1, 0.15) is 25.8 Å². The Bertz CT molecular complexity index is 582. The molecule has 1 atom stereocenters. The van der Waals surface area contributed by atoms with Crippen molar-refractivity contribution in [3.05, 3.63) is 29.8 Å². The van der Waals surface area contributed by atoms with Crippen LogP contribution in [0.3, 0.4) is 0 Å². The van der Waals surface area contributed by atoms with E-state index in [0.29, 0.717) is 6.04 Å². The van der Waals surface area contributed by atoms with E-state index in [1.807, 2.05) is 33.0 Å². The van der Waals surface area contributed by atoms with E-state index in [1.165, 1.54) is 12.0 Å². The number of hydrogen-bond acceptors (Lipinski definition) is 4. The second-order valence-electron chi connectivity index (χ2n) is 7.25. The zero-order valence-electron chi connectivity index (χ0n) is 16.3. The third kappa shape index (κ3) is 5.11. The van der Waals surface area contributed by atoms with Crippen molar-refractivity contribution in [3.63, 3.8) is 0 Å². The standard InChI is InChI=1S/C20H32N4O2/c1-16(2)26-19-6-4-17(5-7-19)14-22-20(21-3)24-9-8-18(15-24)23-10-12-25-13-11-23/h4-7,16,18H,8-15H2,1-3H3,(H,21,22). The summed E-state index contributed by atoms with van der Waals surface area (Å²) in [6.45, 7) is 10.8. The van der Waals surface area contributed by atoms with E-state index < -0.39 is 0 Å². The molecule has 6 nitrogen and oxygen atoms in total. The molecule has 1 N–H and O–H groups in total. The van der Waals surface area contributed by atoms with Gasteiger partial charge in [0.1, 0.15) is 5.75 Å². The summed E-state index contributed by atoms with van der Waals surface area (Å²) in [7, 11) is 1.87. The molecule has 0 bridgehead atoms. The van der Waals surface area contributed by atoms with Crippen LogP contribution in [0.2, 0.25) is 0 Å². The first-order valence-corrected chi connectivity index (χ1v) is 9.68. The fourth-order valence-electron chi connectivity index (χ4n) is 3.65. The van der Waals surface area contributed by atoms with Gasteiger partial charge in [-0.1, -0.05) is 12.1 Å². The summed E-state index contributed by atoms with van der Waals surface area (Å²) < 4.78 is 11.2. The quantitative estimate of drug-likeness (QED) is 0.643. The number of guanidine groups is 1. The van der Waals surface area contributed by atoms with E-state index in [4.69, 9.17) is 9.47 Å². The van der Waals surface area contributed by atoms with Crippen molar-refractivity contribution in [2.24, 2.45) is 4.99 Å². The Morgan fingerprint density at radius 3 is 2.62 bits per heavy atom. The van der Waals surface area contributed by atoms with Crippen LogP contribution in [0.15, 0.2) is 29.3 Å². The molecule has 2 aliphatic rings. The van der Waals surface area contributed by atoms with E-state index in [0.717, 1.165) is 57.6 Å². The highest BCUT2D eigenvalue weighted by Crippen LogP contribution is 2.18. The summed E-state index contributed by atoms with van der Waals surface area (Å²) in [6, 6.07) is 8.90. The fraction of sp³-hybridized carbons (Fsp3) is 0.650. The van der Waals surface area contributed by atoms with Gasteiger partial charge in [0.15, 0.2) is 5.96 Å². The Hall–Kier alpha value is -1.79.